The summed E-state index contributed by atoms with van der Waals surface area (Å²) >= 11 is 0. The van der Waals surface area contributed by atoms with Gasteiger partial charge in [-0.25, -0.2) is 0 Å². The Morgan fingerprint density at radius 3 is 2.38 bits per heavy atom. The third-order valence-electron chi connectivity index (χ3n) is 15.3. The van der Waals surface area contributed by atoms with E-state index in [1.807, 2.05) is 74.4 Å². The molecule has 1 spiro atoms. The van der Waals surface area contributed by atoms with E-state index in [9.17, 15) is 19.8 Å². The lowest BCUT2D eigenvalue weighted by Crippen LogP contribution is -2.62. The molecule has 3 aromatic rings. The largest absolute Gasteiger partial charge is 0.493 e. The molecule has 60 heavy (non-hydrogen) atoms. The van der Waals surface area contributed by atoms with Crippen LogP contribution in [0.1, 0.15) is 88.2 Å². The summed E-state index contributed by atoms with van der Waals surface area (Å²) in [6.07, 6.45) is 4.85. The van der Waals surface area contributed by atoms with Crippen LogP contribution in [0.15, 0.2) is 66.7 Å². The summed E-state index contributed by atoms with van der Waals surface area (Å²) in [5.41, 5.74) is 3.22. The van der Waals surface area contributed by atoms with Crippen molar-refractivity contribution in [3.8, 4) is 16.9 Å². The molecule has 4 aliphatic carbocycles. The van der Waals surface area contributed by atoms with E-state index in [2.05, 4.69) is 54.5 Å². The van der Waals surface area contributed by atoms with Crippen molar-refractivity contribution in [2.45, 2.75) is 110 Å². The summed E-state index contributed by atoms with van der Waals surface area (Å²) in [6.45, 7) is 13.8. The number of aliphatic hydroxyl groups is 2. The molecule has 3 aromatic carbocycles. The minimum Gasteiger partial charge on any atom is -0.493 e. The Balaban J connectivity index is 1.09. The summed E-state index contributed by atoms with van der Waals surface area (Å²) in [4.78, 5) is 39.9. The summed E-state index contributed by atoms with van der Waals surface area (Å²) in [5, 5.41) is 30.7. The van der Waals surface area contributed by atoms with E-state index >= 15 is 0 Å². The summed E-state index contributed by atoms with van der Waals surface area (Å²) in [7, 11) is 3.95. The van der Waals surface area contributed by atoms with Crippen molar-refractivity contribution in [2.24, 2.45) is 28.6 Å². The zero-order chi connectivity index (χ0) is 42.6. The lowest BCUT2D eigenvalue weighted by Gasteiger charge is -2.62. The molecule has 11 nitrogen and oxygen atoms in total. The maximum Gasteiger partial charge on any atom is 0.251 e. The lowest BCUT2D eigenvalue weighted by molar-refractivity contribution is -0.183. The number of hydroxylamine groups is 2. The molecule has 0 radical (unpaired) electrons. The molecule has 2 saturated heterocycles. The van der Waals surface area contributed by atoms with Gasteiger partial charge in [0.2, 0.25) is 5.91 Å². The number of amides is 2. The van der Waals surface area contributed by atoms with Gasteiger partial charge < -0.3 is 35.4 Å². The number of hydrogen-bond acceptors (Lipinski definition) is 9. The highest BCUT2D eigenvalue weighted by molar-refractivity contribution is 5.97. The normalized spacial score (nSPS) is 31.1. The minimum atomic E-state index is -1.18. The number of aliphatic hydroxyl groups excluding tert-OH is 1. The van der Waals surface area contributed by atoms with Gasteiger partial charge in [0.25, 0.3) is 5.91 Å². The second kappa shape index (κ2) is 16.7. The monoisotopic (exact) mass is 822 g/mol. The van der Waals surface area contributed by atoms with E-state index < -0.39 is 23.2 Å². The molecule has 11 heteroatoms. The molecular formula is C49H67N5O6. The first-order valence-electron chi connectivity index (χ1n) is 22.4. The highest BCUT2D eigenvalue weighted by Crippen LogP contribution is 2.66. The van der Waals surface area contributed by atoms with Gasteiger partial charge in [0.1, 0.15) is 17.9 Å². The van der Waals surface area contributed by atoms with Crippen molar-refractivity contribution < 1.29 is 29.4 Å². The quantitative estimate of drug-likeness (QED) is 0.145. The van der Waals surface area contributed by atoms with Crippen LogP contribution in [-0.4, -0.2) is 109 Å². The number of carbonyl (C=O) groups excluding carboxylic acids is 2. The topological polar surface area (TPSA) is 127 Å². The molecule has 4 N–H and O–H groups in total. The predicted molar refractivity (Wildman–Crippen MR) is 235 cm³/mol. The van der Waals surface area contributed by atoms with E-state index in [4.69, 9.17) is 9.57 Å². The van der Waals surface area contributed by atoms with Crippen LogP contribution in [0.3, 0.4) is 0 Å². The number of nitrogens with zero attached hydrogens (tertiary/aromatic N) is 3. The number of nitrogens with one attached hydrogen (secondary N) is 2. The van der Waals surface area contributed by atoms with Gasteiger partial charge in [-0.3, -0.25) is 14.4 Å². The molecule has 324 valence electrons. The predicted octanol–water partition coefficient (Wildman–Crippen LogP) is 6.06. The van der Waals surface area contributed by atoms with Crippen molar-refractivity contribution in [2.75, 3.05) is 51.8 Å². The molecule has 1 unspecified atom stereocenters. The van der Waals surface area contributed by atoms with Gasteiger partial charge in [-0.1, -0.05) is 69.3 Å². The third-order valence-corrected chi connectivity index (χ3v) is 15.3. The van der Waals surface area contributed by atoms with Crippen molar-refractivity contribution >= 4 is 17.5 Å². The number of benzene rings is 3. The van der Waals surface area contributed by atoms with Gasteiger partial charge >= 0.3 is 0 Å². The molecule has 2 amide bonds. The Bertz CT molecular complexity index is 2030. The first-order valence-corrected chi connectivity index (χ1v) is 22.4. The highest BCUT2D eigenvalue weighted by Gasteiger charge is 2.78. The SMILES string of the molecule is CCOc1c(CN2O[C@@H](CO)[C@]3(CC3(C)O)[C@H]2C(=O)N[C@H]2C[C@H]3C[C@@H]([C@@H]2C)C3(C)C)cccc1-c1cc(C(=O)N[C@@H](Cc2ccccc2)CN2CCCC2)cc(N(C)C)c1. The van der Waals surface area contributed by atoms with Crippen molar-refractivity contribution in [1.82, 2.24) is 20.6 Å². The molecule has 2 bridgehead atoms. The Hall–Kier alpha value is -4.00. The second-order valence-corrected chi connectivity index (χ2v) is 19.6. The standard InChI is InChI=1S/C49H67N5O6/c1-8-59-43-33(27-54-44(49(30-48(49,5)58)42(29-55)60-54)46(57)51-41-26-36-25-40(31(41)2)47(36,3)4)17-14-18-39(43)34-22-35(24-38(23-34)52(6)7)45(56)50-37(28-53-19-12-13-20-53)21-32-15-10-9-11-16-32/h9-11,14-18,22-24,31,36-37,40-42,44,55,58H,8,12-13,19-21,25-30H2,1-7H3,(H,50,56)(H,51,57)/t31-,36+,37-,40-,41-,42-,44+,48?,49+/m0/s1. The van der Waals surface area contributed by atoms with Crippen LogP contribution in [0.4, 0.5) is 5.69 Å². The molecule has 9 atom stereocenters. The number of hydrogen-bond donors (Lipinski definition) is 4. The first-order chi connectivity index (χ1) is 28.7. The molecular weight excluding hydrogens is 755 g/mol. The van der Waals surface area contributed by atoms with Crippen LogP contribution in [0, 0.1) is 28.6 Å². The fourth-order valence-corrected chi connectivity index (χ4v) is 11.6. The van der Waals surface area contributed by atoms with Crippen LogP contribution in [0.2, 0.25) is 0 Å². The van der Waals surface area contributed by atoms with Crippen LogP contribution in [-0.2, 0) is 22.6 Å². The summed E-state index contributed by atoms with van der Waals surface area (Å²) in [5.74, 6) is 1.80. The molecule has 6 aliphatic rings. The van der Waals surface area contributed by atoms with E-state index in [1.54, 1.807) is 12.0 Å². The zero-order valence-corrected chi connectivity index (χ0v) is 36.7. The summed E-state index contributed by atoms with van der Waals surface area (Å²) < 4.78 is 6.47. The van der Waals surface area contributed by atoms with Gasteiger partial charge in [0.05, 0.1) is 30.8 Å². The number of rotatable bonds is 15. The maximum atomic E-state index is 14.6. The number of fused-ring (bicyclic) bond motifs is 2. The molecule has 6 fully saturated rings. The van der Waals surface area contributed by atoms with E-state index in [0.717, 1.165) is 54.9 Å². The zero-order valence-electron chi connectivity index (χ0n) is 36.7. The molecule has 2 aliphatic heterocycles. The van der Waals surface area contributed by atoms with E-state index in [1.165, 1.54) is 24.8 Å². The molecule has 2 heterocycles. The van der Waals surface area contributed by atoms with Crippen LogP contribution >= 0.6 is 0 Å². The number of likely N-dealkylation sites (tertiary alicyclic amines) is 1. The molecule has 4 saturated carbocycles. The second-order valence-electron chi connectivity index (χ2n) is 19.6. The van der Waals surface area contributed by atoms with Gasteiger partial charge in [-0.15, -0.1) is 0 Å². The fraction of sp³-hybridized carbons (Fsp3) is 0.592. The fourth-order valence-electron chi connectivity index (χ4n) is 11.6. The minimum absolute atomic E-state index is 0.0385. The number of ether oxygens (including phenoxy) is 1. The summed E-state index contributed by atoms with van der Waals surface area (Å²) in [6, 6.07) is 21.4. The van der Waals surface area contributed by atoms with E-state index in [0.29, 0.717) is 42.1 Å². The lowest BCUT2D eigenvalue weighted by atomic mass is 9.45. The Kier molecular flexibility index (Phi) is 11.9. The van der Waals surface area contributed by atoms with Gasteiger partial charge in [-0.05, 0) is 118 Å². The maximum absolute atomic E-state index is 14.6. The van der Waals surface area contributed by atoms with Gasteiger partial charge in [0, 0.05) is 55.1 Å². The molecule has 9 rings (SSSR count). The third kappa shape index (κ3) is 7.85. The smallest absolute Gasteiger partial charge is 0.251 e. The van der Waals surface area contributed by atoms with Crippen molar-refractivity contribution in [1.29, 1.82) is 0 Å². The number of anilines is 1. The van der Waals surface area contributed by atoms with Crippen LogP contribution in [0.25, 0.3) is 11.1 Å². The molecule has 0 aromatic heterocycles. The van der Waals surface area contributed by atoms with Gasteiger partial charge in [0.15, 0.2) is 0 Å². The van der Waals surface area contributed by atoms with Crippen molar-refractivity contribution in [3.05, 3.63) is 83.4 Å². The Morgan fingerprint density at radius 2 is 1.75 bits per heavy atom. The van der Waals surface area contributed by atoms with Crippen LogP contribution in [0.5, 0.6) is 5.75 Å². The number of carbonyl (C=O) groups is 2. The number of para-hydroxylation sites is 1. The van der Waals surface area contributed by atoms with Crippen LogP contribution < -0.4 is 20.3 Å². The van der Waals surface area contributed by atoms with Crippen molar-refractivity contribution in [3.63, 3.8) is 0 Å². The average Bonchev–Trinajstić information content (AvgIpc) is 3.50. The average molecular weight is 822 g/mol. The van der Waals surface area contributed by atoms with Gasteiger partial charge in [-0.2, -0.15) is 5.06 Å². The first kappa shape index (κ1) is 42.7. The highest BCUT2D eigenvalue weighted by atomic mass is 16.7. The van der Waals surface area contributed by atoms with E-state index in [-0.39, 0.29) is 42.5 Å². The Morgan fingerprint density at radius 1 is 1.02 bits per heavy atom. The Labute approximate surface area is 356 Å².